The van der Waals surface area contributed by atoms with E-state index in [0.29, 0.717) is 11.7 Å². The standard InChI is InChI=1S/C9H15N3/c1-6(2)12-9-8(10)4-7(3)5-11-9/h4-6H,10H2,1-3H3,(H,11,12). The van der Waals surface area contributed by atoms with Gasteiger partial charge in [-0.1, -0.05) is 0 Å². The molecule has 1 aromatic rings. The van der Waals surface area contributed by atoms with Gasteiger partial charge in [-0.15, -0.1) is 0 Å². The molecule has 0 fully saturated rings. The largest absolute Gasteiger partial charge is 0.396 e. The molecular formula is C9H15N3. The van der Waals surface area contributed by atoms with E-state index in [1.165, 1.54) is 0 Å². The minimum Gasteiger partial charge on any atom is -0.396 e. The molecule has 0 saturated carbocycles. The fraction of sp³-hybridized carbons (Fsp3) is 0.444. The zero-order valence-corrected chi connectivity index (χ0v) is 7.76. The van der Waals surface area contributed by atoms with Crippen molar-refractivity contribution in [1.82, 2.24) is 4.98 Å². The van der Waals surface area contributed by atoms with Gasteiger partial charge in [-0.2, -0.15) is 0 Å². The predicted octanol–water partition coefficient (Wildman–Crippen LogP) is 1.79. The third-order valence-electron chi connectivity index (χ3n) is 1.48. The lowest BCUT2D eigenvalue weighted by Gasteiger charge is -2.11. The first-order valence-corrected chi connectivity index (χ1v) is 4.08. The van der Waals surface area contributed by atoms with Gasteiger partial charge in [0.05, 0.1) is 5.69 Å². The number of nitrogens with two attached hydrogens (primary N) is 1. The maximum absolute atomic E-state index is 5.74. The van der Waals surface area contributed by atoms with Crippen molar-refractivity contribution in [2.45, 2.75) is 26.8 Å². The molecule has 3 N–H and O–H groups in total. The summed E-state index contributed by atoms with van der Waals surface area (Å²) in [5.74, 6) is 0.774. The van der Waals surface area contributed by atoms with Crippen LogP contribution in [0.4, 0.5) is 11.5 Å². The molecule has 0 amide bonds. The number of hydrogen-bond acceptors (Lipinski definition) is 3. The van der Waals surface area contributed by atoms with Crippen molar-refractivity contribution in [2.24, 2.45) is 0 Å². The Morgan fingerprint density at radius 1 is 1.50 bits per heavy atom. The molecule has 0 aliphatic heterocycles. The number of nitrogen functional groups attached to an aromatic ring is 1. The molecule has 3 nitrogen and oxygen atoms in total. The Hall–Kier alpha value is -1.25. The second kappa shape index (κ2) is 3.43. The van der Waals surface area contributed by atoms with E-state index in [1.54, 1.807) is 6.20 Å². The number of aromatic nitrogens is 1. The molecule has 12 heavy (non-hydrogen) atoms. The Morgan fingerprint density at radius 2 is 2.17 bits per heavy atom. The van der Waals surface area contributed by atoms with Gasteiger partial charge in [0, 0.05) is 12.2 Å². The summed E-state index contributed by atoms with van der Waals surface area (Å²) in [4.78, 5) is 4.18. The number of anilines is 2. The van der Waals surface area contributed by atoms with Gasteiger partial charge in [-0.05, 0) is 32.4 Å². The van der Waals surface area contributed by atoms with Gasteiger partial charge in [-0.3, -0.25) is 0 Å². The molecule has 66 valence electrons. The van der Waals surface area contributed by atoms with Crippen LogP contribution in [0.1, 0.15) is 19.4 Å². The van der Waals surface area contributed by atoms with E-state index in [4.69, 9.17) is 5.73 Å². The Bertz CT molecular complexity index is 268. The molecule has 0 saturated heterocycles. The van der Waals surface area contributed by atoms with Gasteiger partial charge in [0.15, 0.2) is 0 Å². The van der Waals surface area contributed by atoms with Crippen LogP contribution in [0.15, 0.2) is 12.3 Å². The third kappa shape index (κ3) is 2.12. The number of hydrogen-bond donors (Lipinski definition) is 2. The average molecular weight is 165 g/mol. The Balaban J connectivity index is 2.86. The van der Waals surface area contributed by atoms with Gasteiger partial charge >= 0.3 is 0 Å². The summed E-state index contributed by atoms with van der Waals surface area (Å²) in [5, 5.41) is 3.16. The van der Waals surface area contributed by atoms with Gasteiger partial charge in [0.2, 0.25) is 0 Å². The fourth-order valence-electron chi connectivity index (χ4n) is 0.986. The van der Waals surface area contributed by atoms with Crippen LogP contribution in [0, 0.1) is 6.92 Å². The molecular weight excluding hydrogens is 150 g/mol. The molecule has 0 spiro atoms. The number of nitrogens with zero attached hydrogens (tertiary/aromatic N) is 1. The predicted molar refractivity (Wildman–Crippen MR) is 52.1 cm³/mol. The van der Waals surface area contributed by atoms with Crippen LogP contribution in [-0.4, -0.2) is 11.0 Å². The smallest absolute Gasteiger partial charge is 0.149 e. The Morgan fingerprint density at radius 3 is 2.67 bits per heavy atom. The highest BCUT2D eigenvalue weighted by atomic mass is 15.0. The summed E-state index contributed by atoms with van der Waals surface area (Å²) < 4.78 is 0. The minimum absolute atomic E-state index is 0.363. The average Bonchev–Trinajstić information content (AvgIpc) is 1.94. The first kappa shape index (κ1) is 8.84. The van der Waals surface area contributed by atoms with Crippen molar-refractivity contribution in [3.63, 3.8) is 0 Å². The van der Waals surface area contributed by atoms with Crippen molar-refractivity contribution in [2.75, 3.05) is 11.1 Å². The molecule has 0 aliphatic carbocycles. The number of pyridine rings is 1. The van der Waals surface area contributed by atoms with Gasteiger partial charge in [-0.25, -0.2) is 4.98 Å². The van der Waals surface area contributed by atoms with Crippen molar-refractivity contribution < 1.29 is 0 Å². The summed E-state index contributed by atoms with van der Waals surface area (Å²) in [7, 11) is 0. The first-order valence-electron chi connectivity index (χ1n) is 4.08. The molecule has 1 aromatic heterocycles. The fourth-order valence-corrected chi connectivity index (χ4v) is 0.986. The normalized spacial score (nSPS) is 10.3. The van der Waals surface area contributed by atoms with Crippen molar-refractivity contribution in [3.05, 3.63) is 17.8 Å². The van der Waals surface area contributed by atoms with Crippen LogP contribution in [0.3, 0.4) is 0 Å². The van der Waals surface area contributed by atoms with Crippen molar-refractivity contribution in [3.8, 4) is 0 Å². The zero-order chi connectivity index (χ0) is 9.14. The van der Waals surface area contributed by atoms with Crippen LogP contribution in [-0.2, 0) is 0 Å². The van der Waals surface area contributed by atoms with Crippen LogP contribution >= 0.6 is 0 Å². The Kier molecular flexibility index (Phi) is 2.53. The number of rotatable bonds is 2. The van der Waals surface area contributed by atoms with Crippen molar-refractivity contribution in [1.29, 1.82) is 0 Å². The van der Waals surface area contributed by atoms with Crippen LogP contribution in [0.25, 0.3) is 0 Å². The van der Waals surface area contributed by atoms with E-state index in [9.17, 15) is 0 Å². The quantitative estimate of drug-likeness (QED) is 0.702. The molecule has 0 unspecified atom stereocenters. The summed E-state index contributed by atoms with van der Waals surface area (Å²) in [5.41, 5.74) is 7.54. The molecule has 0 radical (unpaired) electrons. The van der Waals surface area contributed by atoms with E-state index in [-0.39, 0.29) is 0 Å². The monoisotopic (exact) mass is 165 g/mol. The number of aryl methyl sites for hydroxylation is 1. The van der Waals surface area contributed by atoms with E-state index in [0.717, 1.165) is 11.4 Å². The minimum atomic E-state index is 0.363. The molecule has 0 aliphatic rings. The number of nitrogens with one attached hydrogen (secondary N) is 1. The van der Waals surface area contributed by atoms with Gasteiger partial charge < -0.3 is 11.1 Å². The summed E-state index contributed by atoms with van der Waals surface area (Å²) in [6, 6.07) is 2.28. The van der Waals surface area contributed by atoms with E-state index in [2.05, 4.69) is 24.1 Å². The SMILES string of the molecule is Cc1cnc(NC(C)C)c(N)c1. The van der Waals surface area contributed by atoms with Crippen molar-refractivity contribution >= 4 is 11.5 Å². The molecule has 0 bridgehead atoms. The lowest BCUT2D eigenvalue weighted by Crippen LogP contribution is -2.12. The zero-order valence-electron chi connectivity index (χ0n) is 7.76. The molecule has 1 rings (SSSR count). The highest BCUT2D eigenvalue weighted by molar-refractivity contribution is 5.61. The van der Waals surface area contributed by atoms with Gasteiger partial charge in [0.1, 0.15) is 5.82 Å². The molecule has 0 atom stereocenters. The highest BCUT2D eigenvalue weighted by Gasteiger charge is 2.00. The maximum Gasteiger partial charge on any atom is 0.149 e. The topological polar surface area (TPSA) is 50.9 Å². The second-order valence-corrected chi connectivity index (χ2v) is 3.25. The lowest BCUT2D eigenvalue weighted by molar-refractivity contribution is 0.889. The second-order valence-electron chi connectivity index (χ2n) is 3.25. The van der Waals surface area contributed by atoms with Crippen LogP contribution in [0.5, 0.6) is 0 Å². The lowest BCUT2D eigenvalue weighted by atomic mass is 10.3. The summed E-state index contributed by atoms with van der Waals surface area (Å²) >= 11 is 0. The van der Waals surface area contributed by atoms with E-state index in [1.807, 2.05) is 13.0 Å². The van der Waals surface area contributed by atoms with Crippen LogP contribution in [0.2, 0.25) is 0 Å². The summed E-state index contributed by atoms with van der Waals surface area (Å²) in [6.07, 6.45) is 1.81. The van der Waals surface area contributed by atoms with E-state index < -0.39 is 0 Å². The highest BCUT2D eigenvalue weighted by Crippen LogP contribution is 2.16. The van der Waals surface area contributed by atoms with Crippen LogP contribution < -0.4 is 11.1 Å². The molecule has 3 heteroatoms. The maximum atomic E-state index is 5.74. The third-order valence-corrected chi connectivity index (χ3v) is 1.48. The van der Waals surface area contributed by atoms with E-state index >= 15 is 0 Å². The first-order chi connectivity index (χ1) is 5.59. The Labute approximate surface area is 73.0 Å². The summed E-state index contributed by atoms with van der Waals surface area (Å²) in [6.45, 7) is 6.09. The molecule has 1 heterocycles. The molecule has 0 aromatic carbocycles. The van der Waals surface area contributed by atoms with Gasteiger partial charge in [0.25, 0.3) is 0 Å².